The first kappa shape index (κ1) is 23.1. The van der Waals surface area contributed by atoms with Crippen LogP contribution >= 0.6 is 11.6 Å². The Labute approximate surface area is 190 Å². The van der Waals surface area contributed by atoms with Crippen LogP contribution in [0.5, 0.6) is 17.2 Å². The fourth-order valence-electron chi connectivity index (χ4n) is 2.95. The molecule has 9 heteroatoms. The van der Waals surface area contributed by atoms with Gasteiger partial charge in [0.2, 0.25) is 0 Å². The van der Waals surface area contributed by atoms with Crippen LogP contribution in [0, 0.1) is 13.8 Å². The summed E-state index contributed by atoms with van der Waals surface area (Å²) in [7, 11) is 0. The summed E-state index contributed by atoms with van der Waals surface area (Å²) >= 11 is 6.39. The first-order valence-electron chi connectivity index (χ1n) is 9.96. The number of barbiturate groups is 1. The zero-order chi connectivity index (χ0) is 23.3. The van der Waals surface area contributed by atoms with Gasteiger partial charge in [0.05, 0.1) is 11.6 Å². The zero-order valence-electron chi connectivity index (χ0n) is 17.9. The van der Waals surface area contributed by atoms with E-state index in [0.29, 0.717) is 30.3 Å². The average molecular weight is 459 g/mol. The van der Waals surface area contributed by atoms with Gasteiger partial charge in [0.1, 0.15) is 24.5 Å². The molecule has 1 fully saturated rings. The summed E-state index contributed by atoms with van der Waals surface area (Å²) in [6.07, 6.45) is 1.32. The summed E-state index contributed by atoms with van der Waals surface area (Å²) in [6, 6.07) is 8.12. The third-order valence-corrected chi connectivity index (χ3v) is 4.94. The number of carbonyl (C=O) groups is 3. The molecule has 4 amide bonds. The number of ether oxygens (including phenoxy) is 3. The molecular formula is C23H23ClN2O6. The van der Waals surface area contributed by atoms with Crippen LogP contribution in [-0.4, -0.2) is 37.7 Å². The summed E-state index contributed by atoms with van der Waals surface area (Å²) in [4.78, 5) is 35.1. The normalized spacial score (nSPS) is 13.4. The second-order valence-electron chi connectivity index (χ2n) is 7.00. The number of nitrogens with one attached hydrogen (secondary N) is 2. The standard InChI is InChI=1S/C23H23ClN2O6/c1-4-30-19-12-15(10-17-21(27)25-23(29)26-22(17)28)11-18(24)20(19)32-8-7-31-16-6-5-13(2)14(3)9-16/h5-6,9-12H,4,7-8H2,1-3H3,(H2,25,26,27,28,29). The highest BCUT2D eigenvalue weighted by Crippen LogP contribution is 2.37. The van der Waals surface area contributed by atoms with Gasteiger partial charge in [-0.25, -0.2) is 4.79 Å². The molecule has 0 radical (unpaired) electrons. The van der Waals surface area contributed by atoms with Crippen molar-refractivity contribution in [1.29, 1.82) is 0 Å². The summed E-state index contributed by atoms with van der Waals surface area (Å²) < 4.78 is 17.1. The van der Waals surface area contributed by atoms with Crippen molar-refractivity contribution in [3.05, 3.63) is 57.6 Å². The largest absolute Gasteiger partial charge is 0.490 e. The Balaban J connectivity index is 1.73. The number of carbonyl (C=O) groups excluding carboxylic acids is 3. The first-order valence-corrected chi connectivity index (χ1v) is 10.3. The van der Waals surface area contributed by atoms with Crippen molar-refractivity contribution in [3.63, 3.8) is 0 Å². The molecule has 8 nitrogen and oxygen atoms in total. The van der Waals surface area contributed by atoms with Crippen molar-refractivity contribution in [2.75, 3.05) is 19.8 Å². The molecule has 0 spiro atoms. The predicted molar refractivity (Wildman–Crippen MR) is 119 cm³/mol. The average Bonchev–Trinajstić information content (AvgIpc) is 2.72. The van der Waals surface area contributed by atoms with Gasteiger partial charge >= 0.3 is 6.03 Å². The molecule has 168 valence electrons. The van der Waals surface area contributed by atoms with E-state index < -0.39 is 17.8 Å². The lowest BCUT2D eigenvalue weighted by atomic mass is 10.1. The maximum absolute atomic E-state index is 11.9. The maximum atomic E-state index is 11.9. The molecule has 0 aromatic heterocycles. The number of halogens is 1. The van der Waals surface area contributed by atoms with Gasteiger partial charge in [-0.15, -0.1) is 0 Å². The van der Waals surface area contributed by atoms with Crippen molar-refractivity contribution in [2.45, 2.75) is 20.8 Å². The molecule has 2 aromatic carbocycles. The molecule has 0 atom stereocenters. The van der Waals surface area contributed by atoms with Crippen LogP contribution in [0.15, 0.2) is 35.9 Å². The summed E-state index contributed by atoms with van der Waals surface area (Å²) in [5.74, 6) is -0.163. The Bertz CT molecular complexity index is 1070. The molecule has 3 rings (SSSR count). The molecule has 0 aliphatic carbocycles. The highest BCUT2D eigenvalue weighted by molar-refractivity contribution is 6.33. The molecule has 0 saturated carbocycles. The number of amides is 4. The lowest BCUT2D eigenvalue weighted by Gasteiger charge is -2.16. The van der Waals surface area contributed by atoms with E-state index >= 15 is 0 Å². The highest BCUT2D eigenvalue weighted by Gasteiger charge is 2.28. The summed E-state index contributed by atoms with van der Waals surface area (Å²) in [6.45, 7) is 6.72. The molecule has 32 heavy (non-hydrogen) atoms. The van der Waals surface area contributed by atoms with Gasteiger partial charge in [-0.1, -0.05) is 17.7 Å². The van der Waals surface area contributed by atoms with Gasteiger partial charge in [0.15, 0.2) is 11.5 Å². The number of urea groups is 1. The van der Waals surface area contributed by atoms with E-state index in [1.165, 1.54) is 17.7 Å². The van der Waals surface area contributed by atoms with Crippen molar-refractivity contribution in [1.82, 2.24) is 10.6 Å². The van der Waals surface area contributed by atoms with E-state index in [1.807, 2.05) is 42.7 Å². The fourth-order valence-corrected chi connectivity index (χ4v) is 3.23. The molecule has 1 saturated heterocycles. The minimum Gasteiger partial charge on any atom is -0.490 e. The van der Waals surface area contributed by atoms with Crippen LogP contribution < -0.4 is 24.8 Å². The van der Waals surface area contributed by atoms with Crippen molar-refractivity contribution in [2.24, 2.45) is 0 Å². The van der Waals surface area contributed by atoms with E-state index in [-0.39, 0.29) is 17.2 Å². The minimum atomic E-state index is -0.864. The molecule has 0 bridgehead atoms. The lowest BCUT2D eigenvalue weighted by Crippen LogP contribution is -2.51. The van der Waals surface area contributed by atoms with Crippen LogP contribution in [0.2, 0.25) is 5.02 Å². The van der Waals surface area contributed by atoms with Crippen LogP contribution in [0.1, 0.15) is 23.6 Å². The predicted octanol–water partition coefficient (Wildman–Crippen LogP) is 3.56. The number of benzene rings is 2. The number of hydrogen-bond donors (Lipinski definition) is 2. The zero-order valence-corrected chi connectivity index (χ0v) is 18.7. The number of hydrogen-bond acceptors (Lipinski definition) is 6. The van der Waals surface area contributed by atoms with Gasteiger partial charge in [0.25, 0.3) is 11.8 Å². The number of rotatable bonds is 8. The van der Waals surface area contributed by atoms with Crippen molar-refractivity contribution in [3.8, 4) is 17.2 Å². The Morgan fingerprint density at radius 3 is 2.25 bits per heavy atom. The Kier molecular flexibility index (Phi) is 7.37. The van der Waals surface area contributed by atoms with E-state index in [0.717, 1.165) is 11.3 Å². The van der Waals surface area contributed by atoms with Crippen LogP contribution in [-0.2, 0) is 9.59 Å². The molecule has 2 aromatic rings. The molecule has 0 unspecified atom stereocenters. The summed E-state index contributed by atoms with van der Waals surface area (Å²) in [5.41, 5.74) is 2.54. The Morgan fingerprint density at radius 1 is 0.906 bits per heavy atom. The summed E-state index contributed by atoms with van der Waals surface area (Å²) in [5, 5.41) is 4.28. The van der Waals surface area contributed by atoms with Crippen LogP contribution in [0.25, 0.3) is 6.08 Å². The van der Waals surface area contributed by atoms with Gasteiger partial charge in [-0.2, -0.15) is 0 Å². The minimum absolute atomic E-state index is 0.222. The van der Waals surface area contributed by atoms with Crippen LogP contribution in [0.3, 0.4) is 0 Å². The Hall–Kier alpha value is -3.52. The maximum Gasteiger partial charge on any atom is 0.328 e. The second-order valence-corrected chi connectivity index (χ2v) is 7.41. The molecule has 1 aliphatic heterocycles. The van der Waals surface area contributed by atoms with E-state index in [9.17, 15) is 14.4 Å². The quantitative estimate of drug-likeness (QED) is 0.356. The van der Waals surface area contributed by atoms with Crippen molar-refractivity contribution < 1.29 is 28.6 Å². The smallest absolute Gasteiger partial charge is 0.328 e. The molecule has 1 heterocycles. The van der Waals surface area contributed by atoms with Gasteiger partial charge in [0, 0.05) is 0 Å². The van der Waals surface area contributed by atoms with Crippen LogP contribution in [0.4, 0.5) is 4.79 Å². The lowest BCUT2D eigenvalue weighted by molar-refractivity contribution is -0.123. The van der Waals surface area contributed by atoms with E-state index in [4.69, 9.17) is 25.8 Å². The first-order chi connectivity index (χ1) is 15.3. The topological polar surface area (TPSA) is 103 Å². The van der Waals surface area contributed by atoms with E-state index in [2.05, 4.69) is 0 Å². The van der Waals surface area contributed by atoms with Crippen molar-refractivity contribution >= 4 is 35.5 Å². The second kappa shape index (κ2) is 10.2. The molecular weight excluding hydrogens is 436 g/mol. The van der Waals surface area contributed by atoms with E-state index in [1.54, 1.807) is 13.0 Å². The fraction of sp³-hybridized carbons (Fsp3) is 0.261. The Morgan fingerprint density at radius 2 is 1.59 bits per heavy atom. The van der Waals surface area contributed by atoms with Gasteiger partial charge < -0.3 is 14.2 Å². The number of aryl methyl sites for hydroxylation is 2. The SMILES string of the molecule is CCOc1cc(C=C2C(=O)NC(=O)NC2=O)cc(Cl)c1OCCOc1ccc(C)c(C)c1. The number of imide groups is 2. The van der Waals surface area contributed by atoms with Gasteiger partial charge in [-0.05, 0) is 67.8 Å². The third kappa shape index (κ3) is 5.59. The third-order valence-electron chi connectivity index (χ3n) is 4.66. The monoisotopic (exact) mass is 458 g/mol. The molecule has 2 N–H and O–H groups in total. The highest BCUT2D eigenvalue weighted by atomic mass is 35.5. The molecule has 1 aliphatic rings. The van der Waals surface area contributed by atoms with Gasteiger partial charge in [-0.3, -0.25) is 20.2 Å².